The van der Waals surface area contributed by atoms with Crippen molar-refractivity contribution in [3.05, 3.63) is 30.1 Å². The second-order valence-corrected chi connectivity index (χ2v) is 6.76. The van der Waals surface area contributed by atoms with Gasteiger partial charge in [-0.1, -0.05) is 32.5 Å². The number of nitrogens with one attached hydrogen (secondary N) is 1. The van der Waals surface area contributed by atoms with Gasteiger partial charge in [-0.25, -0.2) is 0 Å². The van der Waals surface area contributed by atoms with Gasteiger partial charge in [0.15, 0.2) is 5.17 Å². The van der Waals surface area contributed by atoms with E-state index in [1.165, 1.54) is 12.0 Å². The molecule has 3 nitrogen and oxygen atoms in total. The van der Waals surface area contributed by atoms with Crippen LogP contribution in [0.3, 0.4) is 0 Å². The molecule has 2 heterocycles. The molecule has 1 aromatic rings. The highest BCUT2D eigenvalue weighted by molar-refractivity contribution is 8.13. The minimum atomic E-state index is 0.290. The summed E-state index contributed by atoms with van der Waals surface area (Å²) in [6.45, 7) is 7.57. The molecule has 18 heavy (non-hydrogen) atoms. The third kappa shape index (κ3) is 3.73. The lowest BCUT2D eigenvalue weighted by molar-refractivity contribution is 0.290. The predicted octanol–water partition coefficient (Wildman–Crippen LogP) is 3.08. The van der Waals surface area contributed by atoms with Gasteiger partial charge < -0.3 is 5.32 Å². The summed E-state index contributed by atoms with van der Waals surface area (Å²) in [5.41, 5.74) is 1.50. The number of nitrogens with zero attached hydrogens (tertiary/aromatic N) is 2. The molecule has 0 aliphatic carbocycles. The smallest absolute Gasteiger partial charge is 0.157 e. The van der Waals surface area contributed by atoms with Gasteiger partial charge in [-0.3, -0.25) is 9.98 Å². The first-order valence-electron chi connectivity index (χ1n) is 6.38. The topological polar surface area (TPSA) is 37.3 Å². The fourth-order valence-corrected chi connectivity index (χ4v) is 2.86. The van der Waals surface area contributed by atoms with Crippen LogP contribution in [0.2, 0.25) is 0 Å². The van der Waals surface area contributed by atoms with Gasteiger partial charge in [-0.2, -0.15) is 0 Å². The Labute approximate surface area is 113 Å². The molecule has 0 bridgehead atoms. The van der Waals surface area contributed by atoms with Crippen LogP contribution in [0, 0.1) is 5.41 Å². The summed E-state index contributed by atoms with van der Waals surface area (Å²) in [5.74, 6) is 1.16. The molecule has 0 spiro atoms. The van der Waals surface area contributed by atoms with E-state index >= 15 is 0 Å². The first-order valence-corrected chi connectivity index (χ1v) is 7.37. The van der Waals surface area contributed by atoms with Crippen molar-refractivity contribution in [2.24, 2.45) is 10.4 Å². The van der Waals surface area contributed by atoms with Crippen LogP contribution in [0.15, 0.2) is 29.5 Å². The molecule has 1 aliphatic rings. The van der Waals surface area contributed by atoms with Crippen molar-refractivity contribution in [3.63, 3.8) is 0 Å². The molecule has 1 fully saturated rings. The lowest BCUT2D eigenvalue weighted by Gasteiger charge is -2.35. The number of hydrogen-bond donors (Lipinski definition) is 1. The summed E-state index contributed by atoms with van der Waals surface area (Å²) in [6, 6.07) is 4.55. The summed E-state index contributed by atoms with van der Waals surface area (Å²) in [6.07, 6.45) is 4.84. The molecular weight excluding hydrogens is 242 g/mol. The molecule has 1 atom stereocenters. The highest BCUT2D eigenvalue weighted by atomic mass is 32.2. The number of rotatable bonds is 2. The van der Waals surface area contributed by atoms with E-state index in [0.29, 0.717) is 11.5 Å². The Bertz CT molecular complexity index is 409. The molecule has 0 radical (unpaired) electrons. The lowest BCUT2D eigenvalue weighted by Crippen LogP contribution is -2.46. The van der Waals surface area contributed by atoms with Crippen molar-refractivity contribution >= 4 is 16.9 Å². The zero-order chi connectivity index (χ0) is 13.0. The minimum absolute atomic E-state index is 0.290. The van der Waals surface area contributed by atoms with Crippen LogP contribution in [-0.2, 0) is 6.54 Å². The average molecular weight is 263 g/mol. The van der Waals surface area contributed by atoms with Gasteiger partial charge in [0.2, 0.25) is 0 Å². The predicted molar refractivity (Wildman–Crippen MR) is 78.8 cm³/mol. The van der Waals surface area contributed by atoms with E-state index in [1.807, 2.05) is 36.3 Å². The SMILES string of the molecule is CC(C)(C)C1CCSC(=NCc2ccncc2)N1. The third-order valence-electron chi connectivity index (χ3n) is 3.14. The molecule has 1 saturated heterocycles. The molecule has 0 saturated carbocycles. The molecule has 1 aromatic heterocycles. The molecule has 0 aromatic carbocycles. The Morgan fingerprint density at radius 2 is 2.11 bits per heavy atom. The Morgan fingerprint density at radius 3 is 2.78 bits per heavy atom. The van der Waals surface area contributed by atoms with Crippen LogP contribution in [0.4, 0.5) is 0 Å². The summed E-state index contributed by atoms with van der Waals surface area (Å²) in [7, 11) is 0. The molecule has 2 rings (SSSR count). The van der Waals surface area contributed by atoms with E-state index in [1.54, 1.807) is 0 Å². The highest BCUT2D eigenvalue weighted by Crippen LogP contribution is 2.27. The van der Waals surface area contributed by atoms with E-state index in [9.17, 15) is 0 Å². The maximum atomic E-state index is 4.66. The van der Waals surface area contributed by atoms with Crippen molar-refractivity contribution < 1.29 is 0 Å². The Hall–Kier alpha value is -1.03. The number of thioether (sulfide) groups is 1. The molecular formula is C14H21N3S. The number of amidine groups is 1. The van der Waals surface area contributed by atoms with Crippen LogP contribution in [-0.4, -0.2) is 21.9 Å². The number of hydrogen-bond acceptors (Lipinski definition) is 3. The summed E-state index contributed by atoms with van der Waals surface area (Å²) in [4.78, 5) is 8.67. The van der Waals surface area contributed by atoms with E-state index < -0.39 is 0 Å². The second kappa shape index (κ2) is 5.74. The quantitative estimate of drug-likeness (QED) is 0.891. The third-order valence-corrected chi connectivity index (χ3v) is 4.10. The van der Waals surface area contributed by atoms with Gasteiger partial charge in [0.25, 0.3) is 0 Å². The van der Waals surface area contributed by atoms with E-state index in [0.717, 1.165) is 17.5 Å². The molecule has 1 N–H and O–H groups in total. The van der Waals surface area contributed by atoms with Crippen molar-refractivity contribution in [3.8, 4) is 0 Å². The normalized spacial score (nSPS) is 22.8. The van der Waals surface area contributed by atoms with Crippen LogP contribution >= 0.6 is 11.8 Å². The first-order chi connectivity index (χ1) is 8.55. The standard InChI is InChI=1S/C14H21N3S/c1-14(2,3)12-6-9-18-13(17-12)16-10-11-4-7-15-8-5-11/h4-5,7-8,12H,6,9-10H2,1-3H3,(H,16,17). The Balaban J connectivity index is 1.97. The van der Waals surface area contributed by atoms with Gasteiger partial charge in [-0.15, -0.1) is 0 Å². The van der Waals surface area contributed by atoms with E-state index in [4.69, 9.17) is 0 Å². The summed E-state index contributed by atoms with van der Waals surface area (Å²) >= 11 is 1.83. The number of aliphatic imine (C=N–C) groups is 1. The molecule has 4 heteroatoms. The maximum Gasteiger partial charge on any atom is 0.157 e. The van der Waals surface area contributed by atoms with Gasteiger partial charge in [0.1, 0.15) is 0 Å². The zero-order valence-corrected chi connectivity index (χ0v) is 12.1. The van der Waals surface area contributed by atoms with Crippen LogP contribution < -0.4 is 5.32 Å². The van der Waals surface area contributed by atoms with Gasteiger partial charge in [-0.05, 0) is 29.5 Å². The van der Waals surface area contributed by atoms with Crippen molar-refractivity contribution in [1.82, 2.24) is 10.3 Å². The Morgan fingerprint density at radius 1 is 1.39 bits per heavy atom. The van der Waals surface area contributed by atoms with Gasteiger partial charge >= 0.3 is 0 Å². The van der Waals surface area contributed by atoms with Gasteiger partial charge in [0.05, 0.1) is 6.54 Å². The molecule has 1 unspecified atom stereocenters. The van der Waals surface area contributed by atoms with Crippen LogP contribution in [0.1, 0.15) is 32.8 Å². The van der Waals surface area contributed by atoms with E-state index in [-0.39, 0.29) is 0 Å². The monoisotopic (exact) mass is 263 g/mol. The fraction of sp³-hybridized carbons (Fsp3) is 0.571. The second-order valence-electron chi connectivity index (χ2n) is 5.68. The van der Waals surface area contributed by atoms with Gasteiger partial charge in [0, 0.05) is 24.2 Å². The first kappa shape index (κ1) is 13.4. The minimum Gasteiger partial charge on any atom is -0.362 e. The maximum absolute atomic E-state index is 4.66. The largest absolute Gasteiger partial charge is 0.362 e. The van der Waals surface area contributed by atoms with Crippen LogP contribution in [0.5, 0.6) is 0 Å². The average Bonchev–Trinajstić information content (AvgIpc) is 2.37. The Kier molecular flexibility index (Phi) is 4.27. The molecule has 98 valence electrons. The summed E-state index contributed by atoms with van der Waals surface area (Å²) < 4.78 is 0. The lowest BCUT2D eigenvalue weighted by atomic mass is 9.85. The molecule has 1 aliphatic heterocycles. The zero-order valence-electron chi connectivity index (χ0n) is 11.3. The summed E-state index contributed by atoms with van der Waals surface area (Å²) in [5, 5.41) is 4.64. The van der Waals surface area contributed by atoms with Crippen molar-refractivity contribution in [2.75, 3.05) is 5.75 Å². The number of aromatic nitrogens is 1. The van der Waals surface area contributed by atoms with Crippen LogP contribution in [0.25, 0.3) is 0 Å². The fourth-order valence-electron chi connectivity index (χ4n) is 1.93. The van der Waals surface area contributed by atoms with E-state index in [2.05, 4.69) is 36.1 Å². The van der Waals surface area contributed by atoms with Crippen molar-refractivity contribution in [2.45, 2.75) is 39.8 Å². The molecule has 0 amide bonds. The number of pyridine rings is 1. The van der Waals surface area contributed by atoms with Crippen molar-refractivity contribution in [1.29, 1.82) is 0 Å². The highest BCUT2D eigenvalue weighted by Gasteiger charge is 2.28.